The highest BCUT2D eigenvalue weighted by molar-refractivity contribution is 6.42. The van der Waals surface area contributed by atoms with Crippen LogP contribution in [0.5, 0.6) is 0 Å². The van der Waals surface area contributed by atoms with E-state index in [0.717, 1.165) is 31.5 Å². The molecule has 7 heteroatoms. The van der Waals surface area contributed by atoms with Crippen molar-refractivity contribution in [3.63, 3.8) is 0 Å². The largest absolute Gasteiger partial charge is 0.383 e. The van der Waals surface area contributed by atoms with Gasteiger partial charge < -0.3 is 19.7 Å². The molecule has 0 atom stereocenters. The van der Waals surface area contributed by atoms with Gasteiger partial charge in [-0.05, 0) is 30.5 Å². The Kier molecular flexibility index (Phi) is 8.29. The smallest absolute Gasteiger partial charge is 0.236 e. The average Bonchev–Trinajstić information content (AvgIpc) is 2.60. The van der Waals surface area contributed by atoms with E-state index < -0.39 is 0 Å². The van der Waals surface area contributed by atoms with E-state index in [2.05, 4.69) is 5.32 Å². The fourth-order valence-electron chi connectivity index (χ4n) is 2.60. The van der Waals surface area contributed by atoms with Crippen LogP contribution in [-0.4, -0.2) is 56.8 Å². The fourth-order valence-corrected chi connectivity index (χ4v) is 2.92. The van der Waals surface area contributed by atoms with Gasteiger partial charge in [-0.25, -0.2) is 0 Å². The van der Waals surface area contributed by atoms with E-state index in [4.69, 9.17) is 32.7 Å². The summed E-state index contributed by atoms with van der Waals surface area (Å²) in [6.07, 6.45) is 1.88. The summed E-state index contributed by atoms with van der Waals surface area (Å²) >= 11 is 11.9. The number of hydrogen-bond donors (Lipinski definition) is 1. The van der Waals surface area contributed by atoms with Gasteiger partial charge in [-0.1, -0.05) is 29.3 Å². The molecule has 1 aliphatic heterocycles. The molecular weight excluding hydrogens is 351 g/mol. The summed E-state index contributed by atoms with van der Waals surface area (Å²) in [7, 11) is 1.65. The predicted octanol–water partition coefficient (Wildman–Crippen LogP) is 2.74. The van der Waals surface area contributed by atoms with Crippen LogP contribution in [0.1, 0.15) is 18.4 Å². The number of methoxy groups -OCH3 is 1. The molecule has 1 aromatic rings. The normalized spacial score (nSPS) is 15.7. The van der Waals surface area contributed by atoms with E-state index in [1.807, 2.05) is 17.0 Å². The lowest BCUT2D eigenvalue weighted by Gasteiger charge is -2.32. The molecule has 1 saturated heterocycles. The molecule has 1 N–H and O–H groups in total. The third-order valence-corrected chi connectivity index (χ3v) is 4.76. The number of amides is 1. The minimum absolute atomic E-state index is 0.133. The Bertz CT molecular complexity index is 535. The number of hydrogen-bond acceptors (Lipinski definition) is 4. The first kappa shape index (κ1) is 19.5. The molecule has 0 bridgehead atoms. The first-order chi connectivity index (χ1) is 11.6. The lowest BCUT2D eigenvalue weighted by Crippen LogP contribution is -2.44. The van der Waals surface area contributed by atoms with Crippen molar-refractivity contribution in [2.45, 2.75) is 25.6 Å². The van der Waals surface area contributed by atoms with Crippen LogP contribution >= 0.6 is 23.2 Å². The Morgan fingerprint density at radius 2 is 2.04 bits per heavy atom. The summed E-state index contributed by atoms with van der Waals surface area (Å²) < 4.78 is 10.9. The van der Waals surface area contributed by atoms with Crippen molar-refractivity contribution < 1.29 is 14.3 Å². The Hall–Kier alpha value is -0.850. The molecule has 0 saturated carbocycles. The van der Waals surface area contributed by atoms with Gasteiger partial charge in [-0.3, -0.25) is 4.79 Å². The van der Waals surface area contributed by atoms with E-state index in [0.29, 0.717) is 36.3 Å². The summed E-state index contributed by atoms with van der Waals surface area (Å²) in [6.45, 7) is 3.63. The molecule has 5 nitrogen and oxygen atoms in total. The van der Waals surface area contributed by atoms with Crippen LogP contribution in [0.25, 0.3) is 0 Å². The number of likely N-dealkylation sites (tertiary alicyclic amines) is 1. The van der Waals surface area contributed by atoms with E-state index in [1.165, 1.54) is 0 Å². The lowest BCUT2D eigenvalue weighted by molar-refractivity contribution is -0.133. The zero-order chi connectivity index (χ0) is 17.4. The molecule has 1 heterocycles. The van der Waals surface area contributed by atoms with E-state index in [9.17, 15) is 4.79 Å². The van der Waals surface area contributed by atoms with Gasteiger partial charge in [0.1, 0.15) is 0 Å². The minimum atomic E-state index is 0.133. The molecular formula is C17H24Cl2N2O3. The number of ether oxygens (including phenoxy) is 2. The standard InChI is InChI=1S/C17H24Cl2N2O3/c1-23-9-6-20-11-17(22)21-7-4-14(5-8-21)24-12-13-2-3-15(18)16(19)10-13/h2-3,10,14,20H,4-9,11-12H2,1H3. The van der Waals surface area contributed by atoms with Crippen molar-refractivity contribution in [2.75, 3.05) is 39.9 Å². The Morgan fingerprint density at radius 1 is 1.29 bits per heavy atom. The second kappa shape index (κ2) is 10.2. The van der Waals surface area contributed by atoms with Crippen molar-refractivity contribution in [3.8, 4) is 0 Å². The zero-order valence-corrected chi connectivity index (χ0v) is 15.4. The van der Waals surface area contributed by atoms with Crippen LogP contribution in [0, 0.1) is 0 Å². The highest BCUT2D eigenvalue weighted by atomic mass is 35.5. The van der Waals surface area contributed by atoms with Gasteiger partial charge in [-0.15, -0.1) is 0 Å². The van der Waals surface area contributed by atoms with Gasteiger partial charge in [0.15, 0.2) is 0 Å². The molecule has 0 aliphatic carbocycles. The summed E-state index contributed by atoms with van der Waals surface area (Å²) in [5.74, 6) is 0.133. The summed E-state index contributed by atoms with van der Waals surface area (Å²) in [5.41, 5.74) is 1.00. The van der Waals surface area contributed by atoms with Gasteiger partial charge in [-0.2, -0.15) is 0 Å². The second-order valence-electron chi connectivity index (χ2n) is 5.81. The van der Waals surface area contributed by atoms with Gasteiger partial charge >= 0.3 is 0 Å². The van der Waals surface area contributed by atoms with E-state index >= 15 is 0 Å². The third kappa shape index (κ3) is 6.22. The summed E-state index contributed by atoms with van der Waals surface area (Å²) in [6, 6.07) is 5.52. The SMILES string of the molecule is COCCNCC(=O)N1CCC(OCc2ccc(Cl)c(Cl)c2)CC1. The number of piperidine rings is 1. The van der Waals surface area contributed by atoms with Crippen LogP contribution in [0.2, 0.25) is 10.0 Å². The molecule has 0 spiro atoms. The number of carbonyl (C=O) groups excluding carboxylic acids is 1. The van der Waals surface area contributed by atoms with Crippen molar-refractivity contribution in [3.05, 3.63) is 33.8 Å². The second-order valence-corrected chi connectivity index (χ2v) is 6.62. The molecule has 1 amide bonds. The summed E-state index contributed by atoms with van der Waals surface area (Å²) in [4.78, 5) is 14.0. The third-order valence-electron chi connectivity index (χ3n) is 4.02. The maximum Gasteiger partial charge on any atom is 0.236 e. The van der Waals surface area contributed by atoms with Crippen LogP contribution in [0.3, 0.4) is 0 Å². The van der Waals surface area contributed by atoms with E-state index in [1.54, 1.807) is 13.2 Å². The van der Waals surface area contributed by atoms with Gasteiger partial charge in [0.05, 0.1) is 35.9 Å². The van der Waals surface area contributed by atoms with Crippen molar-refractivity contribution >= 4 is 29.1 Å². The van der Waals surface area contributed by atoms with Crippen LogP contribution in [0.15, 0.2) is 18.2 Å². The highest BCUT2D eigenvalue weighted by Gasteiger charge is 2.22. The maximum atomic E-state index is 12.1. The Balaban J connectivity index is 1.67. The number of nitrogens with one attached hydrogen (secondary N) is 1. The Labute approximate surface area is 153 Å². The Morgan fingerprint density at radius 3 is 2.71 bits per heavy atom. The molecule has 134 valence electrons. The quantitative estimate of drug-likeness (QED) is 0.710. The van der Waals surface area contributed by atoms with Crippen molar-refractivity contribution in [2.24, 2.45) is 0 Å². The zero-order valence-electron chi connectivity index (χ0n) is 13.9. The number of rotatable bonds is 8. The highest BCUT2D eigenvalue weighted by Crippen LogP contribution is 2.23. The maximum absolute atomic E-state index is 12.1. The van der Waals surface area contributed by atoms with Crippen LogP contribution in [0.4, 0.5) is 0 Å². The first-order valence-electron chi connectivity index (χ1n) is 8.13. The number of carbonyl (C=O) groups is 1. The predicted molar refractivity (Wildman–Crippen MR) is 95.6 cm³/mol. The number of nitrogens with zero attached hydrogens (tertiary/aromatic N) is 1. The molecule has 1 fully saturated rings. The molecule has 0 unspecified atom stereocenters. The topological polar surface area (TPSA) is 50.8 Å². The van der Waals surface area contributed by atoms with Crippen molar-refractivity contribution in [1.82, 2.24) is 10.2 Å². The van der Waals surface area contributed by atoms with Gasteiger partial charge in [0.2, 0.25) is 5.91 Å². The minimum Gasteiger partial charge on any atom is -0.383 e. The fraction of sp³-hybridized carbons (Fsp3) is 0.588. The monoisotopic (exact) mass is 374 g/mol. The average molecular weight is 375 g/mol. The van der Waals surface area contributed by atoms with Gasteiger partial charge in [0, 0.05) is 26.7 Å². The molecule has 0 radical (unpaired) electrons. The molecule has 0 aromatic heterocycles. The van der Waals surface area contributed by atoms with Gasteiger partial charge in [0.25, 0.3) is 0 Å². The van der Waals surface area contributed by atoms with Crippen LogP contribution in [-0.2, 0) is 20.9 Å². The molecule has 1 aliphatic rings. The molecule has 1 aromatic carbocycles. The van der Waals surface area contributed by atoms with Crippen LogP contribution < -0.4 is 5.32 Å². The molecule has 2 rings (SSSR count). The molecule has 24 heavy (non-hydrogen) atoms. The van der Waals surface area contributed by atoms with Crippen molar-refractivity contribution in [1.29, 1.82) is 0 Å². The number of halogens is 2. The van der Waals surface area contributed by atoms with E-state index in [-0.39, 0.29) is 12.0 Å². The first-order valence-corrected chi connectivity index (χ1v) is 8.88. The lowest BCUT2D eigenvalue weighted by atomic mass is 10.1. The number of benzene rings is 1. The summed E-state index contributed by atoms with van der Waals surface area (Å²) in [5, 5.41) is 4.17.